The molecule has 2 aromatic heterocycles. The van der Waals surface area contributed by atoms with Crippen molar-refractivity contribution in [2.75, 3.05) is 27.4 Å². The van der Waals surface area contributed by atoms with Gasteiger partial charge in [0.1, 0.15) is 18.1 Å². The van der Waals surface area contributed by atoms with Gasteiger partial charge in [0.2, 0.25) is 5.88 Å². The van der Waals surface area contributed by atoms with Crippen LogP contribution in [0.1, 0.15) is 15.9 Å². The molecular formula is C23H23N5O4. The van der Waals surface area contributed by atoms with E-state index in [-0.39, 0.29) is 12.5 Å². The SMILES string of the molecule is COc1ccc(-c2nnc3ccc(OCCNC(=O)c4ccc(C)cc4)nn23)c(OC)c1. The van der Waals surface area contributed by atoms with E-state index in [2.05, 4.69) is 20.6 Å². The Morgan fingerprint density at radius 3 is 2.56 bits per heavy atom. The van der Waals surface area contributed by atoms with Gasteiger partial charge >= 0.3 is 0 Å². The van der Waals surface area contributed by atoms with Gasteiger partial charge in [0.05, 0.1) is 26.3 Å². The van der Waals surface area contributed by atoms with Crippen LogP contribution in [0.2, 0.25) is 0 Å². The Morgan fingerprint density at radius 2 is 1.81 bits per heavy atom. The van der Waals surface area contributed by atoms with E-state index in [1.165, 1.54) is 0 Å². The highest BCUT2D eigenvalue weighted by molar-refractivity contribution is 5.94. The molecule has 2 aromatic carbocycles. The van der Waals surface area contributed by atoms with E-state index in [9.17, 15) is 4.79 Å². The van der Waals surface area contributed by atoms with Gasteiger partial charge in [-0.25, -0.2) is 0 Å². The van der Waals surface area contributed by atoms with Crippen LogP contribution in [0.15, 0.2) is 54.6 Å². The number of aryl methyl sites for hydroxylation is 1. The number of carbonyl (C=O) groups excluding carboxylic acids is 1. The number of hydrogen-bond acceptors (Lipinski definition) is 7. The third-order valence-corrected chi connectivity index (χ3v) is 4.84. The second-order valence-corrected chi connectivity index (χ2v) is 7.00. The maximum atomic E-state index is 12.2. The van der Waals surface area contributed by atoms with Crippen LogP contribution in [-0.4, -0.2) is 53.1 Å². The number of nitrogens with zero attached hydrogens (tertiary/aromatic N) is 4. The molecule has 1 amide bonds. The van der Waals surface area contributed by atoms with Crippen molar-refractivity contribution < 1.29 is 19.0 Å². The number of ether oxygens (including phenoxy) is 3. The fourth-order valence-corrected chi connectivity index (χ4v) is 3.13. The molecule has 0 aliphatic rings. The number of carbonyl (C=O) groups is 1. The lowest BCUT2D eigenvalue weighted by Gasteiger charge is -2.10. The summed E-state index contributed by atoms with van der Waals surface area (Å²) in [5.74, 6) is 2.01. The van der Waals surface area contributed by atoms with Crippen molar-refractivity contribution in [2.24, 2.45) is 0 Å². The van der Waals surface area contributed by atoms with Gasteiger partial charge in [0, 0.05) is 17.7 Å². The predicted molar refractivity (Wildman–Crippen MR) is 118 cm³/mol. The third kappa shape index (κ3) is 4.46. The zero-order chi connectivity index (χ0) is 22.5. The topological polar surface area (TPSA) is 99.9 Å². The molecular weight excluding hydrogens is 410 g/mol. The molecule has 0 saturated carbocycles. The molecule has 9 nitrogen and oxygen atoms in total. The van der Waals surface area contributed by atoms with Gasteiger partial charge in [0.15, 0.2) is 11.5 Å². The molecule has 9 heteroatoms. The summed E-state index contributed by atoms with van der Waals surface area (Å²) in [6.45, 7) is 2.58. The highest BCUT2D eigenvalue weighted by atomic mass is 16.5. The summed E-state index contributed by atoms with van der Waals surface area (Å²) in [5.41, 5.74) is 3.00. The molecule has 2 heterocycles. The average Bonchev–Trinajstić information content (AvgIpc) is 3.24. The lowest BCUT2D eigenvalue weighted by molar-refractivity contribution is 0.0946. The van der Waals surface area contributed by atoms with Crippen molar-refractivity contribution in [3.63, 3.8) is 0 Å². The van der Waals surface area contributed by atoms with Crippen LogP contribution in [0.5, 0.6) is 17.4 Å². The van der Waals surface area contributed by atoms with Crippen LogP contribution in [0.3, 0.4) is 0 Å². The molecule has 0 radical (unpaired) electrons. The lowest BCUT2D eigenvalue weighted by atomic mass is 10.1. The Labute approximate surface area is 185 Å². The maximum Gasteiger partial charge on any atom is 0.251 e. The number of benzene rings is 2. The Hall–Kier alpha value is -4.14. The van der Waals surface area contributed by atoms with Gasteiger partial charge in [-0.1, -0.05) is 17.7 Å². The van der Waals surface area contributed by atoms with Crippen LogP contribution in [0.25, 0.3) is 17.0 Å². The third-order valence-electron chi connectivity index (χ3n) is 4.84. The molecule has 164 valence electrons. The number of hydrogen-bond donors (Lipinski definition) is 1. The van der Waals surface area contributed by atoms with Gasteiger partial charge in [-0.3, -0.25) is 4.79 Å². The highest BCUT2D eigenvalue weighted by Gasteiger charge is 2.16. The second-order valence-electron chi connectivity index (χ2n) is 7.00. The Bertz CT molecular complexity index is 1240. The first kappa shape index (κ1) is 21.1. The van der Waals surface area contributed by atoms with Gasteiger partial charge in [-0.2, -0.15) is 4.52 Å². The Balaban J connectivity index is 1.45. The first-order chi connectivity index (χ1) is 15.6. The van der Waals surface area contributed by atoms with E-state index in [0.29, 0.717) is 41.0 Å². The van der Waals surface area contributed by atoms with E-state index in [1.54, 1.807) is 49.1 Å². The van der Waals surface area contributed by atoms with Gasteiger partial charge in [-0.05, 0) is 37.3 Å². The van der Waals surface area contributed by atoms with Gasteiger partial charge in [0.25, 0.3) is 5.91 Å². The molecule has 1 N–H and O–H groups in total. The first-order valence-electron chi connectivity index (χ1n) is 10.0. The summed E-state index contributed by atoms with van der Waals surface area (Å²) in [5, 5.41) is 15.7. The van der Waals surface area contributed by atoms with Crippen molar-refractivity contribution in [1.29, 1.82) is 0 Å². The minimum atomic E-state index is -0.148. The predicted octanol–water partition coefficient (Wildman–Crippen LogP) is 2.93. The van der Waals surface area contributed by atoms with Crippen molar-refractivity contribution in [1.82, 2.24) is 25.1 Å². The Morgan fingerprint density at radius 1 is 1.00 bits per heavy atom. The van der Waals surface area contributed by atoms with Crippen molar-refractivity contribution in [2.45, 2.75) is 6.92 Å². The second kappa shape index (κ2) is 9.34. The van der Waals surface area contributed by atoms with E-state index < -0.39 is 0 Å². The molecule has 0 atom stereocenters. The lowest BCUT2D eigenvalue weighted by Crippen LogP contribution is -2.28. The van der Waals surface area contributed by atoms with Gasteiger partial charge in [-0.15, -0.1) is 15.3 Å². The standard InChI is InChI=1S/C23H23N5O4/c1-15-4-6-16(7-5-15)23(29)24-12-13-32-21-11-10-20-25-26-22(28(20)27-21)18-9-8-17(30-2)14-19(18)31-3/h4-11,14H,12-13H2,1-3H3,(H,24,29). The zero-order valence-corrected chi connectivity index (χ0v) is 18.0. The van der Waals surface area contributed by atoms with Crippen LogP contribution < -0.4 is 19.5 Å². The van der Waals surface area contributed by atoms with Crippen molar-refractivity contribution in [3.05, 3.63) is 65.7 Å². The molecule has 0 fully saturated rings. The molecule has 4 rings (SSSR count). The molecule has 0 saturated heterocycles. The number of fused-ring (bicyclic) bond motifs is 1. The minimum absolute atomic E-state index is 0.148. The molecule has 0 aliphatic heterocycles. The Kier molecular flexibility index (Phi) is 6.16. The van der Waals surface area contributed by atoms with E-state index >= 15 is 0 Å². The van der Waals surface area contributed by atoms with E-state index in [0.717, 1.165) is 11.1 Å². The average molecular weight is 433 g/mol. The smallest absolute Gasteiger partial charge is 0.251 e. The molecule has 0 spiro atoms. The highest BCUT2D eigenvalue weighted by Crippen LogP contribution is 2.32. The molecule has 4 aromatic rings. The molecule has 32 heavy (non-hydrogen) atoms. The largest absolute Gasteiger partial charge is 0.497 e. The van der Waals surface area contributed by atoms with Crippen molar-refractivity contribution >= 4 is 11.6 Å². The fraction of sp³-hybridized carbons (Fsp3) is 0.217. The molecule has 0 unspecified atom stereocenters. The quantitative estimate of drug-likeness (QED) is 0.427. The number of methoxy groups -OCH3 is 2. The number of aromatic nitrogens is 4. The monoisotopic (exact) mass is 433 g/mol. The number of amides is 1. The molecule has 0 bridgehead atoms. The summed E-state index contributed by atoms with van der Waals surface area (Å²) in [4.78, 5) is 12.2. The maximum absolute atomic E-state index is 12.2. The first-order valence-corrected chi connectivity index (χ1v) is 10.0. The van der Waals surface area contributed by atoms with Crippen LogP contribution in [-0.2, 0) is 0 Å². The normalized spacial score (nSPS) is 10.7. The number of rotatable bonds is 8. The van der Waals surface area contributed by atoms with Crippen LogP contribution in [0.4, 0.5) is 0 Å². The van der Waals surface area contributed by atoms with Gasteiger partial charge < -0.3 is 19.5 Å². The van der Waals surface area contributed by atoms with E-state index in [4.69, 9.17) is 14.2 Å². The zero-order valence-electron chi connectivity index (χ0n) is 18.0. The van der Waals surface area contributed by atoms with E-state index in [1.807, 2.05) is 31.2 Å². The van der Waals surface area contributed by atoms with Crippen molar-refractivity contribution in [3.8, 4) is 28.8 Å². The summed E-state index contributed by atoms with van der Waals surface area (Å²) in [7, 11) is 3.17. The summed E-state index contributed by atoms with van der Waals surface area (Å²) in [6.07, 6.45) is 0. The summed E-state index contributed by atoms with van der Waals surface area (Å²) in [6, 6.07) is 16.3. The fourth-order valence-electron chi connectivity index (χ4n) is 3.13. The molecule has 0 aliphatic carbocycles. The minimum Gasteiger partial charge on any atom is -0.497 e. The summed E-state index contributed by atoms with van der Waals surface area (Å²) >= 11 is 0. The summed E-state index contributed by atoms with van der Waals surface area (Å²) < 4.78 is 18.0. The number of nitrogens with one attached hydrogen (secondary N) is 1. The van der Waals surface area contributed by atoms with Crippen LogP contribution >= 0.6 is 0 Å². The van der Waals surface area contributed by atoms with Crippen LogP contribution in [0, 0.1) is 6.92 Å².